The van der Waals surface area contributed by atoms with Gasteiger partial charge in [0.25, 0.3) is 0 Å². The van der Waals surface area contributed by atoms with Crippen LogP contribution in [-0.4, -0.2) is 37.7 Å². The predicted molar refractivity (Wildman–Crippen MR) is 84.7 cm³/mol. The molecule has 1 saturated heterocycles. The molecule has 6 heteroatoms. The summed E-state index contributed by atoms with van der Waals surface area (Å²) in [5, 5.41) is 0. The minimum Gasteiger partial charge on any atom is -0.492 e. The lowest BCUT2D eigenvalue weighted by Gasteiger charge is -2.36. The highest BCUT2D eigenvalue weighted by Crippen LogP contribution is 2.25. The van der Waals surface area contributed by atoms with Crippen molar-refractivity contribution in [2.75, 3.05) is 24.6 Å². The first-order valence-electron chi connectivity index (χ1n) is 7.38. The van der Waals surface area contributed by atoms with Crippen molar-refractivity contribution in [2.24, 2.45) is 5.92 Å². The largest absolute Gasteiger partial charge is 0.492 e. The number of rotatable bonds is 5. The van der Waals surface area contributed by atoms with Crippen molar-refractivity contribution < 1.29 is 13.2 Å². The monoisotopic (exact) mass is 312 g/mol. The van der Waals surface area contributed by atoms with Crippen molar-refractivity contribution in [3.8, 4) is 5.75 Å². The summed E-state index contributed by atoms with van der Waals surface area (Å²) in [5.41, 5.74) is 6.25. The number of nitrogens with zero attached hydrogens (tertiary/aromatic N) is 1. The van der Waals surface area contributed by atoms with Gasteiger partial charge in [0, 0.05) is 18.3 Å². The summed E-state index contributed by atoms with van der Waals surface area (Å²) in [6.07, 6.45) is 2.03. The van der Waals surface area contributed by atoms with Crippen LogP contribution in [0.15, 0.2) is 24.3 Å². The van der Waals surface area contributed by atoms with Gasteiger partial charge in [0.05, 0.1) is 5.75 Å². The summed E-state index contributed by atoms with van der Waals surface area (Å²) in [5.74, 6) is 1.06. The topological polar surface area (TPSA) is 72.6 Å². The Hall–Kier alpha value is -1.27. The number of piperidine rings is 1. The number of hydrogen-bond donors (Lipinski definition) is 1. The lowest BCUT2D eigenvalue weighted by Crippen LogP contribution is -2.47. The van der Waals surface area contributed by atoms with E-state index in [0.29, 0.717) is 23.9 Å². The van der Waals surface area contributed by atoms with E-state index < -0.39 is 10.0 Å². The molecule has 1 aliphatic heterocycles. The minimum absolute atomic E-state index is 0.00837. The molecule has 1 aliphatic rings. The highest BCUT2D eigenvalue weighted by atomic mass is 32.2. The van der Waals surface area contributed by atoms with Crippen molar-refractivity contribution in [3.63, 3.8) is 0 Å². The summed E-state index contributed by atoms with van der Waals surface area (Å²) >= 11 is 0. The molecule has 0 radical (unpaired) electrons. The number of benzene rings is 1. The highest BCUT2D eigenvalue weighted by Gasteiger charge is 2.33. The van der Waals surface area contributed by atoms with Crippen molar-refractivity contribution in [1.82, 2.24) is 4.31 Å². The third-order valence-electron chi connectivity index (χ3n) is 4.16. The van der Waals surface area contributed by atoms with Crippen LogP contribution in [0.2, 0.25) is 0 Å². The molecule has 1 aromatic carbocycles. The average molecular weight is 312 g/mol. The van der Waals surface area contributed by atoms with Crippen LogP contribution in [0.1, 0.15) is 26.7 Å². The Morgan fingerprint density at radius 2 is 1.95 bits per heavy atom. The number of nitrogens with two attached hydrogens (primary N) is 1. The molecule has 0 spiro atoms. The first-order chi connectivity index (χ1) is 9.90. The maximum absolute atomic E-state index is 12.4. The van der Waals surface area contributed by atoms with Crippen LogP contribution in [0.25, 0.3) is 0 Å². The molecule has 2 atom stereocenters. The maximum atomic E-state index is 12.4. The van der Waals surface area contributed by atoms with Gasteiger partial charge in [-0.25, -0.2) is 8.42 Å². The van der Waals surface area contributed by atoms with Gasteiger partial charge in [0.2, 0.25) is 10.0 Å². The fourth-order valence-electron chi connectivity index (χ4n) is 2.64. The van der Waals surface area contributed by atoms with Crippen molar-refractivity contribution in [1.29, 1.82) is 0 Å². The van der Waals surface area contributed by atoms with Crippen LogP contribution < -0.4 is 10.5 Å². The van der Waals surface area contributed by atoms with E-state index in [2.05, 4.69) is 6.92 Å². The summed E-state index contributed by atoms with van der Waals surface area (Å²) in [6, 6.07) is 7.03. The second kappa shape index (κ2) is 6.66. The third kappa shape index (κ3) is 4.11. The van der Waals surface area contributed by atoms with E-state index in [4.69, 9.17) is 10.5 Å². The Balaban J connectivity index is 1.90. The van der Waals surface area contributed by atoms with E-state index in [9.17, 15) is 8.42 Å². The van der Waals surface area contributed by atoms with Crippen LogP contribution in [0.5, 0.6) is 5.75 Å². The molecule has 2 N–H and O–H groups in total. The van der Waals surface area contributed by atoms with Crippen molar-refractivity contribution in [3.05, 3.63) is 24.3 Å². The van der Waals surface area contributed by atoms with Gasteiger partial charge in [-0.15, -0.1) is 0 Å². The van der Waals surface area contributed by atoms with Gasteiger partial charge in [0.1, 0.15) is 12.4 Å². The molecule has 2 rings (SSSR count). The van der Waals surface area contributed by atoms with Crippen LogP contribution in [0.4, 0.5) is 5.69 Å². The quantitative estimate of drug-likeness (QED) is 0.845. The molecule has 0 aromatic heterocycles. The van der Waals surface area contributed by atoms with E-state index in [0.717, 1.165) is 12.8 Å². The lowest BCUT2D eigenvalue weighted by molar-refractivity contribution is 0.201. The summed E-state index contributed by atoms with van der Waals surface area (Å²) in [7, 11) is -3.26. The molecule has 1 heterocycles. The Morgan fingerprint density at radius 1 is 1.29 bits per heavy atom. The van der Waals surface area contributed by atoms with E-state index in [1.807, 2.05) is 6.92 Å². The molecule has 118 valence electrons. The first kappa shape index (κ1) is 16.1. The van der Waals surface area contributed by atoms with Gasteiger partial charge in [-0.1, -0.05) is 6.92 Å². The summed E-state index contributed by atoms with van der Waals surface area (Å²) < 4.78 is 31.9. The third-order valence-corrected chi connectivity index (χ3v) is 6.08. The molecule has 0 aliphatic carbocycles. The summed E-state index contributed by atoms with van der Waals surface area (Å²) in [6.45, 7) is 4.87. The molecule has 2 unspecified atom stereocenters. The smallest absolute Gasteiger partial charge is 0.217 e. The van der Waals surface area contributed by atoms with Gasteiger partial charge in [-0.05, 0) is 49.9 Å². The average Bonchev–Trinajstić information content (AvgIpc) is 2.44. The van der Waals surface area contributed by atoms with E-state index >= 15 is 0 Å². The van der Waals surface area contributed by atoms with Gasteiger partial charge in [0.15, 0.2) is 0 Å². The second-order valence-electron chi connectivity index (χ2n) is 5.70. The van der Waals surface area contributed by atoms with Crippen molar-refractivity contribution in [2.45, 2.75) is 32.7 Å². The van der Waals surface area contributed by atoms with Crippen LogP contribution >= 0.6 is 0 Å². The number of sulfonamides is 1. The molecule has 1 aromatic rings. The van der Waals surface area contributed by atoms with Crippen LogP contribution in [-0.2, 0) is 10.0 Å². The normalized spacial score (nSPS) is 23.9. The Labute approximate surface area is 127 Å². The number of anilines is 1. The zero-order chi connectivity index (χ0) is 15.5. The maximum Gasteiger partial charge on any atom is 0.217 e. The summed E-state index contributed by atoms with van der Waals surface area (Å²) in [4.78, 5) is 0. The van der Waals surface area contributed by atoms with Gasteiger partial charge in [-0.3, -0.25) is 0 Å². The molecule has 0 bridgehead atoms. The van der Waals surface area contributed by atoms with Gasteiger partial charge >= 0.3 is 0 Å². The molecular weight excluding hydrogens is 288 g/mol. The first-order valence-corrected chi connectivity index (χ1v) is 8.99. The molecular formula is C15H24N2O3S. The zero-order valence-electron chi connectivity index (χ0n) is 12.7. The van der Waals surface area contributed by atoms with Crippen molar-refractivity contribution >= 4 is 15.7 Å². The van der Waals surface area contributed by atoms with E-state index in [1.54, 1.807) is 28.6 Å². The lowest BCUT2D eigenvalue weighted by atomic mass is 9.94. The molecule has 5 nitrogen and oxygen atoms in total. The standard InChI is InChI=1S/C15H24N2O3S/c1-12-4-3-9-17(13(12)2)21(18,19)11-10-20-15-7-5-14(16)6-8-15/h5-8,12-13H,3-4,9-11,16H2,1-2H3. The SMILES string of the molecule is CC1CCCN(S(=O)(=O)CCOc2ccc(N)cc2)C1C. The molecule has 1 fully saturated rings. The molecule has 0 amide bonds. The number of hydrogen-bond acceptors (Lipinski definition) is 4. The molecule has 21 heavy (non-hydrogen) atoms. The van der Waals surface area contributed by atoms with Gasteiger partial charge in [-0.2, -0.15) is 4.31 Å². The fourth-order valence-corrected chi connectivity index (χ4v) is 4.29. The number of ether oxygens (including phenoxy) is 1. The van der Waals surface area contributed by atoms with Crippen LogP contribution in [0, 0.1) is 5.92 Å². The Bertz CT molecular complexity index is 557. The zero-order valence-corrected chi connectivity index (χ0v) is 13.5. The van der Waals surface area contributed by atoms with Gasteiger partial charge < -0.3 is 10.5 Å². The highest BCUT2D eigenvalue weighted by molar-refractivity contribution is 7.89. The Kier molecular flexibility index (Phi) is 5.11. The van der Waals surface area contributed by atoms with E-state index in [-0.39, 0.29) is 18.4 Å². The Morgan fingerprint density at radius 3 is 2.62 bits per heavy atom. The second-order valence-corrected chi connectivity index (χ2v) is 7.75. The minimum atomic E-state index is -3.26. The molecule has 0 saturated carbocycles. The number of nitrogen functional groups attached to an aromatic ring is 1. The predicted octanol–water partition coefficient (Wildman–Crippen LogP) is 2.10. The van der Waals surface area contributed by atoms with Crippen LogP contribution in [0.3, 0.4) is 0 Å². The van der Waals surface area contributed by atoms with E-state index in [1.165, 1.54) is 0 Å². The fraction of sp³-hybridized carbons (Fsp3) is 0.600.